The van der Waals surface area contributed by atoms with Gasteiger partial charge in [-0.25, -0.2) is 9.66 Å². The minimum absolute atomic E-state index is 0.144. The molecule has 26 heavy (non-hydrogen) atoms. The third kappa shape index (κ3) is 3.84. The Morgan fingerprint density at radius 2 is 2.19 bits per heavy atom. The van der Waals surface area contributed by atoms with Crippen LogP contribution < -0.4 is 10.7 Å². The first-order valence-corrected chi connectivity index (χ1v) is 9.91. The Morgan fingerprint density at radius 1 is 1.42 bits per heavy atom. The fourth-order valence-electron chi connectivity index (χ4n) is 2.52. The van der Waals surface area contributed by atoms with E-state index in [9.17, 15) is 4.79 Å². The van der Waals surface area contributed by atoms with Gasteiger partial charge in [-0.2, -0.15) is 0 Å². The van der Waals surface area contributed by atoms with Crippen LogP contribution in [0.4, 0.5) is 10.8 Å². The van der Waals surface area contributed by atoms with Crippen LogP contribution >= 0.6 is 34.7 Å². The highest BCUT2D eigenvalue weighted by molar-refractivity contribution is 7.98. The van der Waals surface area contributed by atoms with Gasteiger partial charge in [-0.15, -0.1) is 21.5 Å². The number of rotatable bonds is 5. The van der Waals surface area contributed by atoms with Crippen LogP contribution in [0.5, 0.6) is 0 Å². The van der Waals surface area contributed by atoms with Crippen molar-refractivity contribution in [3.63, 3.8) is 0 Å². The summed E-state index contributed by atoms with van der Waals surface area (Å²) in [6.45, 7) is 5.40. The topological polar surface area (TPSA) is 89.9 Å². The summed E-state index contributed by atoms with van der Waals surface area (Å²) >= 11 is 9.24. The van der Waals surface area contributed by atoms with E-state index in [0.29, 0.717) is 26.8 Å². The second-order valence-electron chi connectivity index (χ2n) is 5.70. The number of hydrogen-bond donors (Lipinski definition) is 1. The number of carbonyl (C=O) groups excluding carboxylic acids is 1. The summed E-state index contributed by atoms with van der Waals surface area (Å²) in [7, 11) is 0. The van der Waals surface area contributed by atoms with Crippen LogP contribution in [-0.2, 0) is 10.5 Å². The summed E-state index contributed by atoms with van der Waals surface area (Å²) < 4.78 is 1.36. The third-order valence-corrected chi connectivity index (χ3v) is 5.71. The van der Waals surface area contributed by atoms with Crippen molar-refractivity contribution < 1.29 is 4.79 Å². The van der Waals surface area contributed by atoms with Crippen LogP contribution in [0, 0.1) is 13.8 Å². The van der Waals surface area contributed by atoms with Crippen molar-refractivity contribution in [3.8, 4) is 0 Å². The molecule has 0 aliphatic carbocycles. The molecule has 2 heterocycles. The fraction of sp³-hybridized carbons (Fsp3) is 0.250. The predicted octanol–water partition coefficient (Wildman–Crippen LogP) is 3.70. The summed E-state index contributed by atoms with van der Waals surface area (Å²) in [4.78, 5) is 18.5. The van der Waals surface area contributed by atoms with Crippen molar-refractivity contribution in [3.05, 3.63) is 45.7 Å². The van der Waals surface area contributed by atoms with Crippen LogP contribution in [-0.4, -0.2) is 25.8 Å². The molecule has 10 heteroatoms. The zero-order chi connectivity index (χ0) is 18.8. The number of anilines is 2. The molecule has 0 unspecified atom stereocenters. The average Bonchev–Trinajstić information content (AvgIpc) is 3.17. The monoisotopic (exact) mass is 408 g/mol. The maximum absolute atomic E-state index is 12.3. The van der Waals surface area contributed by atoms with Gasteiger partial charge < -0.3 is 5.84 Å². The van der Waals surface area contributed by atoms with E-state index in [1.165, 1.54) is 41.0 Å². The molecule has 1 aromatic carbocycles. The maximum atomic E-state index is 12.3. The first kappa shape index (κ1) is 18.7. The molecule has 0 saturated carbocycles. The standard InChI is InChI=1S/C16H17ClN6OS2/c1-9-4-10(2)14(13(17)5-9)23(11(3)24)15-20-12(6-25-15)7-26-16-21-19-8-22(16)18/h4-6,8H,7,18H2,1-3H3. The van der Waals surface area contributed by atoms with Crippen molar-refractivity contribution in [1.29, 1.82) is 0 Å². The first-order chi connectivity index (χ1) is 12.4. The van der Waals surface area contributed by atoms with E-state index < -0.39 is 0 Å². The quantitative estimate of drug-likeness (QED) is 0.511. The Labute approximate surface area is 164 Å². The van der Waals surface area contributed by atoms with Crippen molar-refractivity contribution in [2.24, 2.45) is 0 Å². The van der Waals surface area contributed by atoms with Crippen molar-refractivity contribution in [2.45, 2.75) is 31.7 Å². The van der Waals surface area contributed by atoms with Crippen molar-refractivity contribution in [2.75, 3.05) is 10.7 Å². The number of aromatic nitrogens is 4. The number of aryl methyl sites for hydroxylation is 2. The van der Waals surface area contributed by atoms with E-state index in [-0.39, 0.29) is 5.91 Å². The molecule has 0 spiro atoms. The number of carbonyl (C=O) groups is 1. The number of benzene rings is 1. The van der Waals surface area contributed by atoms with Crippen LogP contribution in [0.1, 0.15) is 23.7 Å². The number of nitrogens with zero attached hydrogens (tertiary/aromatic N) is 5. The van der Waals surface area contributed by atoms with E-state index in [2.05, 4.69) is 15.2 Å². The Balaban J connectivity index is 1.87. The van der Waals surface area contributed by atoms with Gasteiger partial charge in [-0.1, -0.05) is 29.4 Å². The Hall–Kier alpha value is -2.10. The second-order valence-corrected chi connectivity index (χ2v) is 7.88. The van der Waals surface area contributed by atoms with Crippen molar-refractivity contribution >= 4 is 51.4 Å². The van der Waals surface area contributed by atoms with Gasteiger partial charge >= 0.3 is 0 Å². The van der Waals surface area contributed by atoms with Crippen LogP contribution in [0.15, 0.2) is 29.0 Å². The molecule has 0 saturated heterocycles. The average molecular weight is 409 g/mol. The molecule has 0 aliphatic heterocycles. The maximum Gasteiger partial charge on any atom is 0.230 e. The predicted molar refractivity (Wildman–Crippen MR) is 106 cm³/mol. The minimum Gasteiger partial charge on any atom is -0.336 e. The molecule has 136 valence electrons. The molecule has 1 amide bonds. The lowest BCUT2D eigenvalue weighted by atomic mass is 10.1. The Kier molecular flexibility index (Phi) is 5.49. The number of amides is 1. The van der Waals surface area contributed by atoms with Gasteiger partial charge in [0.2, 0.25) is 11.1 Å². The fourth-order valence-corrected chi connectivity index (χ4v) is 4.63. The van der Waals surface area contributed by atoms with E-state index >= 15 is 0 Å². The molecule has 3 rings (SSSR count). The van der Waals surface area contributed by atoms with Crippen molar-refractivity contribution in [1.82, 2.24) is 19.9 Å². The van der Waals surface area contributed by atoms with E-state index in [0.717, 1.165) is 16.8 Å². The second kappa shape index (κ2) is 7.65. The molecule has 0 radical (unpaired) electrons. The normalized spacial score (nSPS) is 10.9. The molecule has 0 bridgehead atoms. The third-order valence-electron chi connectivity index (χ3n) is 3.56. The minimum atomic E-state index is -0.144. The number of thioether (sulfide) groups is 1. The SMILES string of the molecule is CC(=O)N(c1nc(CSc2nncn2N)cs1)c1c(C)cc(C)cc1Cl. The van der Waals surface area contributed by atoms with Gasteiger partial charge in [0.25, 0.3) is 0 Å². The van der Waals surface area contributed by atoms with Gasteiger partial charge in [-0.3, -0.25) is 9.69 Å². The Bertz CT molecular complexity index is 931. The zero-order valence-corrected chi connectivity index (χ0v) is 16.8. The van der Waals surface area contributed by atoms with E-state index in [1.54, 1.807) is 4.90 Å². The van der Waals surface area contributed by atoms with Crippen LogP contribution in [0.3, 0.4) is 0 Å². The number of nitrogens with two attached hydrogens (primary N) is 1. The summed E-state index contributed by atoms with van der Waals surface area (Å²) in [6.07, 6.45) is 1.44. The molecular formula is C16H17ClN6OS2. The number of halogens is 1. The molecular weight excluding hydrogens is 392 g/mol. The van der Waals surface area contributed by atoms with Gasteiger partial charge in [0.1, 0.15) is 6.33 Å². The number of thiazole rings is 1. The van der Waals surface area contributed by atoms with Crippen LogP contribution in [0.25, 0.3) is 0 Å². The molecule has 0 aliphatic rings. The summed E-state index contributed by atoms with van der Waals surface area (Å²) in [5, 5.41) is 11.3. The zero-order valence-electron chi connectivity index (χ0n) is 14.4. The van der Waals surface area contributed by atoms with E-state index in [4.69, 9.17) is 17.4 Å². The highest BCUT2D eigenvalue weighted by Crippen LogP contribution is 2.37. The summed E-state index contributed by atoms with van der Waals surface area (Å²) in [5.41, 5.74) is 3.46. The summed E-state index contributed by atoms with van der Waals surface area (Å²) in [6, 6.07) is 3.84. The lowest BCUT2D eigenvalue weighted by molar-refractivity contribution is -0.115. The molecule has 0 fully saturated rings. The molecule has 3 aromatic rings. The molecule has 2 aromatic heterocycles. The molecule has 0 atom stereocenters. The largest absolute Gasteiger partial charge is 0.336 e. The molecule has 2 N–H and O–H groups in total. The lowest BCUT2D eigenvalue weighted by Crippen LogP contribution is -2.24. The first-order valence-electron chi connectivity index (χ1n) is 7.66. The highest BCUT2D eigenvalue weighted by atomic mass is 35.5. The summed E-state index contributed by atoms with van der Waals surface area (Å²) in [5.74, 6) is 6.13. The molecule has 7 nitrogen and oxygen atoms in total. The lowest BCUT2D eigenvalue weighted by Gasteiger charge is -2.22. The smallest absolute Gasteiger partial charge is 0.230 e. The van der Waals surface area contributed by atoms with Gasteiger partial charge in [0, 0.05) is 18.1 Å². The van der Waals surface area contributed by atoms with Gasteiger partial charge in [-0.05, 0) is 31.0 Å². The number of hydrogen-bond acceptors (Lipinski definition) is 7. The highest BCUT2D eigenvalue weighted by Gasteiger charge is 2.22. The van der Waals surface area contributed by atoms with Gasteiger partial charge in [0.05, 0.1) is 16.4 Å². The van der Waals surface area contributed by atoms with Gasteiger partial charge in [0.15, 0.2) is 5.13 Å². The number of nitrogen functional groups attached to an aromatic ring is 1. The van der Waals surface area contributed by atoms with Crippen LogP contribution in [0.2, 0.25) is 5.02 Å². The Morgan fingerprint density at radius 3 is 2.81 bits per heavy atom. The van der Waals surface area contributed by atoms with E-state index in [1.807, 2.05) is 31.4 Å².